The van der Waals surface area contributed by atoms with Gasteiger partial charge in [-0.25, -0.2) is 9.59 Å². The molecule has 1 aliphatic heterocycles. The van der Waals surface area contributed by atoms with Crippen molar-refractivity contribution in [1.29, 1.82) is 0 Å². The van der Waals surface area contributed by atoms with Crippen LogP contribution in [-0.4, -0.2) is 64.8 Å². The molecule has 0 bridgehead atoms. The first kappa shape index (κ1) is 11.8. The van der Waals surface area contributed by atoms with Gasteiger partial charge in [0.2, 0.25) is 0 Å². The zero-order chi connectivity index (χ0) is 11.6. The molecule has 0 aromatic carbocycles. The lowest BCUT2D eigenvalue weighted by Crippen LogP contribution is -2.52. The summed E-state index contributed by atoms with van der Waals surface area (Å²) in [6, 6.07) is -0.151. The molecule has 0 aromatic rings. The molecular formula is C9H16N2O4. The van der Waals surface area contributed by atoms with Gasteiger partial charge in [-0.15, -0.1) is 0 Å². The second-order valence-electron chi connectivity index (χ2n) is 4.00. The molecule has 6 nitrogen and oxygen atoms in total. The van der Waals surface area contributed by atoms with Crippen LogP contribution in [-0.2, 0) is 4.79 Å². The van der Waals surface area contributed by atoms with Crippen molar-refractivity contribution in [2.45, 2.75) is 18.4 Å². The first-order chi connectivity index (χ1) is 6.87. The highest BCUT2D eigenvalue weighted by atomic mass is 16.4. The zero-order valence-corrected chi connectivity index (χ0v) is 8.93. The summed E-state index contributed by atoms with van der Waals surface area (Å²) in [5.74, 6) is -1.21. The molecule has 15 heavy (non-hydrogen) atoms. The number of carboxylic acid groups (broad SMARTS) is 1. The number of aliphatic hydroxyl groups is 1. The van der Waals surface area contributed by atoms with Gasteiger partial charge in [-0.3, -0.25) is 0 Å². The number of aliphatic carboxylic acids is 1. The van der Waals surface area contributed by atoms with E-state index in [2.05, 4.69) is 0 Å². The van der Waals surface area contributed by atoms with Crippen LogP contribution in [0.2, 0.25) is 0 Å². The van der Waals surface area contributed by atoms with Crippen LogP contribution in [0, 0.1) is 0 Å². The number of hydrogen-bond donors (Lipinski definition) is 2. The normalized spacial score (nSPS) is 19.8. The SMILES string of the molecule is CN(C)C(=O)N1CCC(O)(C(=O)O)CC1. The van der Waals surface area contributed by atoms with Crippen LogP contribution in [0.25, 0.3) is 0 Å². The van der Waals surface area contributed by atoms with E-state index in [-0.39, 0.29) is 32.0 Å². The largest absolute Gasteiger partial charge is 0.479 e. The Kier molecular flexibility index (Phi) is 3.18. The standard InChI is InChI=1S/C9H16N2O4/c1-10(2)8(14)11-5-3-9(15,4-6-11)7(12)13/h15H,3-6H2,1-2H3,(H,12,13). The molecule has 0 atom stereocenters. The summed E-state index contributed by atoms with van der Waals surface area (Å²) in [5, 5.41) is 18.4. The second-order valence-corrected chi connectivity index (χ2v) is 4.00. The highest BCUT2D eigenvalue weighted by Gasteiger charge is 2.40. The van der Waals surface area contributed by atoms with Gasteiger partial charge in [-0.1, -0.05) is 0 Å². The van der Waals surface area contributed by atoms with Crippen molar-refractivity contribution in [1.82, 2.24) is 9.80 Å². The Morgan fingerprint density at radius 1 is 1.27 bits per heavy atom. The number of carbonyl (C=O) groups excluding carboxylic acids is 1. The summed E-state index contributed by atoms with van der Waals surface area (Å²) in [6.45, 7) is 0.555. The monoisotopic (exact) mass is 216 g/mol. The maximum absolute atomic E-state index is 11.5. The Hall–Kier alpha value is -1.30. The van der Waals surface area contributed by atoms with E-state index in [4.69, 9.17) is 5.11 Å². The van der Waals surface area contributed by atoms with Crippen molar-refractivity contribution in [3.63, 3.8) is 0 Å². The van der Waals surface area contributed by atoms with Crippen molar-refractivity contribution in [2.24, 2.45) is 0 Å². The number of urea groups is 1. The molecule has 6 heteroatoms. The minimum absolute atomic E-state index is 0.0852. The van der Waals surface area contributed by atoms with Crippen molar-refractivity contribution in [2.75, 3.05) is 27.2 Å². The molecule has 1 rings (SSSR count). The predicted molar refractivity (Wildman–Crippen MR) is 52.5 cm³/mol. The van der Waals surface area contributed by atoms with Gasteiger partial charge in [-0.2, -0.15) is 0 Å². The smallest absolute Gasteiger partial charge is 0.335 e. The topological polar surface area (TPSA) is 81.1 Å². The van der Waals surface area contributed by atoms with E-state index in [1.54, 1.807) is 14.1 Å². The molecule has 0 saturated carbocycles. The summed E-state index contributed by atoms with van der Waals surface area (Å²) >= 11 is 0. The van der Waals surface area contributed by atoms with E-state index in [1.165, 1.54) is 9.80 Å². The quantitative estimate of drug-likeness (QED) is 0.623. The minimum Gasteiger partial charge on any atom is -0.479 e. The Morgan fingerprint density at radius 2 is 1.73 bits per heavy atom. The Labute approximate surface area is 88.1 Å². The maximum atomic E-state index is 11.5. The number of likely N-dealkylation sites (tertiary alicyclic amines) is 1. The molecule has 86 valence electrons. The average molecular weight is 216 g/mol. The number of carboxylic acids is 1. The van der Waals surface area contributed by atoms with E-state index in [0.29, 0.717) is 0 Å². The van der Waals surface area contributed by atoms with Crippen LogP contribution >= 0.6 is 0 Å². The van der Waals surface area contributed by atoms with Crippen molar-refractivity contribution < 1.29 is 19.8 Å². The molecule has 0 radical (unpaired) electrons. The van der Waals surface area contributed by atoms with Gasteiger partial charge >= 0.3 is 12.0 Å². The zero-order valence-electron chi connectivity index (χ0n) is 8.93. The van der Waals surface area contributed by atoms with Crippen LogP contribution in [0.3, 0.4) is 0 Å². The minimum atomic E-state index is -1.66. The second kappa shape index (κ2) is 4.06. The Balaban J connectivity index is 2.56. The third-order valence-corrected chi connectivity index (χ3v) is 2.64. The predicted octanol–water partition coefficient (Wildman–Crippen LogP) is -0.421. The highest BCUT2D eigenvalue weighted by Crippen LogP contribution is 2.22. The molecule has 2 amide bonds. The lowest BCUT2D eigenvalue weighted by Gasteiger charge is -2.36. The number of rotatable bonds is 1. The Bertz CT molecular complexity index is 269. The third kappa shape index (κ3) is 2.38. The molecule has 0 spiro atoms. The summed E-state index contributed by atoms with van der Waals surface area (Å²) < 4.78 is 0. The number of amides is 2. The average Bonchev–Trinajstić information content (AvgIpc) is 2.17. The van der Waals surface area contributed by atoms with Crippen molar-refractivity contribution in [3.05, 3.63) is 0 Å². The van der Waals surface area contributed by atoms with Gasteiger partial charge in [0.15, 0.2) is 5.60 Å². The summed E-state index contributed by atoms with van der Waals surface area (Å²) in [7, 11) is 3.28. The lowest BCUT2D eigenvalue weighted by molar-refractivity contribution is -0.162. The lowest BCUT2D eigenvalue weighted by atomic mass is 9.92. The number of carbonyl (C=O) groups is 2. The molecule has 1 saturated heterocycles. The maximum Gasteiger partial charge on any atom is 0.335 e. The van der Waals surface area contributed by atoms with Gasteiger partial charge < -0.3 is 20.0 Å². The molecule has 2 N–H and O–H groups in total. The van der Waals surface area contributed by atoms with Crippen LogP contribution in [0.1, 0.15) is 12.8 Å². The third-order valence-electron chi connectivity index (χ3n) is 2.64. The van der Waals surface area contributed by atoms with Gasteiger partial charge in [0, 0.05) is 40.0 Å². The van der Waals surface area contributed by atoms with Gasteiger partial charge in [0.05, 0.1) is 0 Å². The fourth-order valence-electron chi connectivity index (χ4n) is 1.56. The Morgan fingerprint density at radius 3 is 2.07 bits per heavy atom. The fourth-order valence-corrected chi connectivity index (χ4v) is 1.56. The van der Waals surface area contributed by atoms with E-state index in [9.17, 15) is 14.7 Å². The summed E-state index contributed by atoms with van der Waals surface area (Å²) in [6.07, 6.45) is 0.170. The molecule has 0 unspecified atom stereocenters. The van der Waals surface area contributed by atoms with E-state index in [1.807, 2.05) is 0 Å². The van der Waals surface area contributed by atoms with Crippen molar-refractivity contribution in [3.8, 4) is 0 Å². The molecule has 1 heterocycles. The number of hydrogen-bond acceptors (Lipinski definition) is 3. The fraction of sp³-hybridized carbons (Fsp3) is 0.778. The molecule has 1 fully saturated rings. The highest BCUT2D eigenvalue weighted by molar-refractivity contribution is 5.78. The van der Waals surface area contributed by atoms with Crippen LogP contribution in [0.4, 0.5) is 4.79 Å². The summed E-state index contributed by atoms with van der Waals surface area (Å²) in [4.78, 5) is 25.2. The number of piperidine rings is 1. The first-order valence-corrected chi connectivity index (χ1v) is 4.79. The first-order valence-electron chi connectivity index (χ1n) is 4.79. The van der Waals surface area contributed by atoms with E-state index < -0.39 is 11.6 Å². The molecule has 1 aliphatic rings. The van der Waals surface area contributed by atoms with Crippen molar-refractivity contribution >= 4 is 12.0 Å². The number of nitrogens with zero attached hydrogens (tertiary/aromatic N) is 2. The molecule has 0 aromatic heterocycles. The van der Waals surface area contributed by atoms with Crippen LogP contribution in [0.15, 0.2) is 0 Å². The van der Waals surface area contributed by atoms with E-state index in [0.717, 1.165) is 0 Å². The van der Waals surface area contributed by atoms with Crippen LogP contribution < -0.4 is 0 Å². The van der Waals surface area contributed by atoms with Gasteiger partial charge in [0.25, 0.3) is 0 Å². The van der Waals surface area contributed by atoms with E-state index >= 15 is 0 Å². The van der Waals surface area contributed by atoms with Gasteiger partial charge in [-0.05, 0) is 0 Å². The van der Waals surface area contributed by atoms with Crippen LogP contribution in [0.5, 0.6) is 0 Å². The molecule has 0 aliphatic carbocycles. The molecular weight excluding hydrogens is 200 g/mol. The summed E-state index contributed by atoms with van der Waals surface area (Å²) in [5.41, 5.74) is -1.66. The van der Waals surface area contributed by atoms with Gasteiger partial charge in [0.1, 0.15) is 0 Å².